The lowest BCUT2D eigenvalue weighted by molar-refractivity contribution is -0.204. The van der Waals surface area contributed by atoms with Crippen LogP contribution in [-0.4, -0.2) is 25.3 Å². The third kappa shape index (κ3) is 4.86. The number of methoxy groups -OCH3 is 1. The molecule has 146 valence electrons. The Morgan fingerprint density at radius 1 is 1.00 bits per heavy atom. The van der Waals surface area contributed by atoms with E-state index in [1.54, 1.807) is 6.92 Å². The lowest BCUT2D eigenvalue weighted by Gasteiger charge is -2.29. The Hall–Kier alpha value is -2.40. The Balaban J connectivity index is 2.30. The van der Waals surface area contributed by atoms with Crippen LogP contribution in [0.5, 0.6) is 0 Å². The molecule has 5 nitrogen and oxygen atoms in total. The van der Waals surface area contributed by atoms with Gasteiger partial charge in [0, 0.05) is 25.5 Å². The van der Waals surface area contributed by atoms with Gasteiger partial charge < -0.3 is 14.2 Å². The molecule has 0 aliphatic rings. The van der Waals surface area contributed by atoms with Crippen molar-refractivity contribution >= 4 is 22.7 Å². The minimum atomic E-state index is -1.32. The fourth-order valence-electron chi connectivity index (χ4n) is 2.96. The van der Waals surface area contributed by atoms with Crippen molar-refractivity contribution in [3.8, 4) is 0 Å². The lowest BCUT2D eigenvalue weighted by Crippen LogP contribution is -2.39. The van der Waals surface area contributed by atoms with E-state index in [2.05, 4.69) is 0 Å². The van der Waals surface area contributed by atoms with Crippen LogP contribution in [0.1, 0.15) is 52.0 Å². The summed E-state index contributed by atoms with van der Waals surface area (Å²) in [5.74, 6) is -0.947. The second-order valence-electron chi connectivity index (χ2n) is 6.63. The van der Waals surface area contributed by atoms with E-state index >= 15 is 0 Å². The fraction of sp³-hybridized carbons (Fsp3) is 0.455. The van der Waals surface area contributed by atoms with E-state index < -0.39 is 17.9 Å². The molecule has 0 spiro atoms. The molecule has 0 aromatic heterocycles. The van der Waals surface area contributed by atoms with E-state index in [1.165, 1.54) is 7.11 Å². The highest BCUT2D eigenvalue weighted by Crippen LogP contribution is 2.33. The maximum Gasteiger partial charge on any atom is 0.345 e. The number of rotatable bonds is 9. The molecule has 0 heterocycles. The number of esters is 2. The summed E-state index contributed by atoms with van der Waals surface area (Å²) in [5.41, 5.74) is -0.604. The molecule has 0 aliphatic carbocycles. The van der Waals surface area contributed by atoms with Gasteiger partial charge in [0.25, 0.3) is 0 Å². The molecule has 0 aliphatic heterocycles. The Labute approximate surface area is 160 Å². The number of carbonyl (C=O) groups excluding carboxylic acids is 2. The van der Waals surface area contributed by atoms with Gasteiger partial charge in [0.2, 0.25) is 6.29 Å². The Morgan fingerprint density at radius 2 is 1.70 bits per heavy atom. The Kier molecular flexibility index (Phi) is 7.36. The zero-order valence-corrected chi connectivity index (χ0v) is 16.5. The summed E-state index contributed by atoms with van der Waals surface area (Å²) in [7, 11) is 1.47. The van der Waals surface area contributed by atoms with Crippen LogP contribution in [0.4, 0.5) is 0 Å². The molecule has 0 fully saturated rings. The van der Waals surface area contributed by atoms with E-state index in [0.29, 0.717) is 24.8 Å². The summed E-state index contributed by atoms with van der Waals surface area (Å²) in [6.45, 7) is 5.51. The largest absolute Gasteiger partial charge is 0.425 e. The Morgan fingerprint density at radius 3 is 2.37 bits per heavy atom. The van der Waals surface area contributed by atoms with E-state index in [9.17, 15) is 9.59 Å². The predicted molar refractivity (Wildman–Crippen MR) is 104 cm³/mol. The molecule has 5 heteroatoms. The van der Waals surface area contributed by atoms with Gasteiger partial charge in [-0.15, -0.1) is 0 Å². The van der Waals surface area contributed by atoms with Gasteiger partial charge in [-0.3, -0.25) is 4.79 Å². The minimum absolute atomic E-state index is 0.294. The first-order chi connectivity index (χ1) is 13.0. The second kappa shape index (κ2) is 9.51. The van der Waals surface area contributed by atoms with Crippen LogP contribution in [-0.2, 0) is 29.4 Å². The number of carbonyl (C=O) groups is 2. The average molecular weight is 372 g/mol. The van der Waals surface area contributed by atoms with Crippen molar-refractivity contribution in [2.24, 2.45) is 0 Å². The first kappa shape index (κ1) is 20.9. The van der Waals surface area contributed by atoms with Gasteiger partial charge in [-0.25, -0.2) is 4.79 Å². The molecule has 2 unspecified atom stereocenters. The molecular weight excluding hydrogens is 344 g/mol. The molecule has 0 amide bonds. The number of hydrogen-bond acceptors (Lipinski definition) is 5. The predicted octanol–water partition coefficient (Wildman–Crippen LogP) is 4.71. The van der Waals surface area contributed by atoms with Crippen molar-refractivity contribution < 1.29 is 23.8 Å². The van der Waals surface area contributed by atoms with Crippen LogP contribution in [0, 0.1) is 0 Å². The van der Waals surface area contributed by atoms with Crippen molar-refractivity contribution in [3.05, 3.63) is 48.0 Å². The summed E-state index contributed by atoms with van der Waals surface area (Å²) in [6.07, 6.45) is 1.22. The first-order valence-electron chi connectivity index (χ1n) is 9.40. The summed E-state index contributed by atoms with van der Waals surface area (Å²) < 4.78 is 16.5. The van der Waals surface area contributed by atoms with Crippen LogP contribution < -0.4 is 0 Å². The molecule has 2 rings (SSSR count). The van der Waals surface area contributed by atoms with Crippen LogP contribution in [0.3, 0.4) is 0 Å². The quantitative estimate of drug-likeness (QED) is 0.471. The summed E-state index contributed by atoms with van der Waals surface area (Å²) >= 11 is 0. The van der Waals surface area contributed by atoms with E-state index in [-0.39, 0.29) is 5.97 Å². The fourth-order valence-corrected chi connectivity index (χ4v) is 2.96. The van der Waals surface area contributed by atoms with Crippen LogP contribution in [0.25, 0.3) is 10.8 Å². The smallest absolute Gasteiger partial charge is 0.345 e. The first-order valence-corrected chi connectivity index (χ1v) is 9.40. The minimum Gasteiger partial charge on any atom is -0.425 e. The molecule has 0 N–H and O–H groups in total. The monoisotopic (exact) mass is 372 g/mol. The average Bonchev–Trinajstić information content (AvgIpc) is 2.67. The van der Waals surface area contributed by atoms with Crippen molar-refractivity contribution in [3.63, 3.8) is 0 Å². The lowest BCUT2D eigenvalue weighted by atomic mass is 9.90. The summed E-state index contributed by atoms with van der Waals surface area (Å²) in [6, 6.07) is 13.5. The van der Waals surface area contributed by atoms with Crippen molar-refractivity contribution in [1.29, 1.82) is 0 Å². The van der Waals surface area contributed by atoms with Gasteiger partial charge in [0.05, 0.1) is 0 Å². The maximum absolute atomic E-state index is 13.0. The van der Waals surface area contributed by atoms with Crippen molar-refractivity contribution in [2.45, 2.75) is 58.3 Å². The molecule has 27 heavy (non-hydrogen) atoms. The van der Waals surface area contributed by atoms with Gasteiger partial charge >= 0.3 is 11.9 Å². The molecule has 2 aromatic carbocycles. The van der Waals surface area contributed by atoms with Gasteiger partial charge in [0.1, 0.15) is 0 Å². The van der Waals surface area contributed by atoms with Gasteiger partial charge in [-0.1, -0.05) is 56.3 Å². The zero-order chi connectivity index (χ0) is 19.9. The van der Waals surface area contributed by atoms with Crippen LogP contribution in [0.15, 0.2) is 42.5 Å². The second-order valence-corrected chi connectivity index (χ2v) is 6.63. The van der Waals surface area contributed by atoms with Gasteiger partial charge in [-0.2, -0.15) is 0 Å². The SMILES string of the molecule is CCCC(=O)OC(CCC)OC(=O)C(C)(OC)c1cccc2ccccc12. The highest BCUT2D eigenvalue weighted by Gasteiger charge is 2.40. The standard InChI is InChI=1S/C22H28O5/c1-5-10-19(23)26-20(11-6-2)27-21(24)22(3,25-4)18-15-9-13-16-12-7-8-14-17(16)18/h7-9,12-15,20H,5-6,10-11H2,1-4H3. The zero-order valence-electron chi connectivity index (χ0n) is 16.5. The normalized spacial score (nSPS) is 14.4. The Bertz CT molecular complexity index is 780. The number of benzene rings is 2. The summed E-state index contributed by atoms with van der Waals surface area (Å²) in [5, 5.41) is 1.92. The molecule has 0 radical (unpaired) electrons. The molecular formula is C22H28O5. The summed E-state index contributed by atoms with van der Waals surface area (Å²) in [4.78, 5) is 24.9. The van der Waals surface area contributed by atoms with Crippen molar-refractivity contribution in [1.82, 2.24) is 0 Å². The molecule has 2 atom stereocenters. The highest BCUT2D eigenvalue weighted by atomic mass is 16.7. The third-order valence-electron chi connectivity index (χ3n) is 4.58. The van der Waals surface area contributed by atoms with Gasteiger partial charge in [-0.05, 0) is 30.5 Å². The van der Waals surface area contributed by atoms with E-state index in [1.807, 2.05) is 56.3 Å². The molecule has 0 saturated carbocycles. The molecule has 0 bridgehead atoms. The van der Waals surface area contributed by atoms with Crippen LogP contribution >= 0.6 is 0 Å². The van der Waals surface area contributed by atoms with E-state index in [0.717, 1.165) is 17.2 Å². The number of fused-ring (bicyclic) bond motifs is 1. The number of ether oxygens (including phenoxy) is 3. The topological polar surface area (TPSA) is 61.8 Å². The number of hydrogen-bond donors (Lipinski definition) is 0. The van der Waals surface area contributed by atoms with Gasteiger partial charge in [0.15, 0.2) is 5.60 Å². The van der Waals surface area contributed by atoms with Crippen molar-refractivity contribution in [2.75, 3.05) is 7.11 Å². The third-order valence-corrected chi connectivity index (χ3v) is 4.58. The van der Waals surface area contributed by atoms with Crippen LogP contribution in [0.2, 0.25) is 0 Å². The molecule has 2 aromatic rings. The maximum atomic E-state index is 13.0. The highest BCUT2D eigenvalue weighted by molar-refractivity contribution is 5.92. The van der Waals surface area contributed by atoms with E-state index in [4.69, 9.17) is 14.2 Å². The molecule has 0 saturated heterocycles.